The summed E-state index contributed by atoms with van der Waals surface area (Å²) in [6, 6.07) is 18.4. The van der Waals surface area contributed by atoms with Crippen molar-refractivity contribution in [1.82, 2.24) is 14.7 Å². The Bertz CT molecular complexity index is 1560. The third-order valence-corrected chi connectivity index (χ3v) is 6.87. The van der Waals surface area contributed by atoms with E-state index in [-0.39, 0.29) is 25.4 Å². The van der Waals surface area contributed by atoms with Gasteiger partial charge in [0, 0.05) is 37.4 Å². The molecule has 0 saturated carbocycles. The molecule has 212 valence electrons. The molecule has 1 aliphatic rings. The second-order valence-corrected chi connectivity index (χ2v) is 9.29. The van der Waals surface area contributed by atoms with Crippen LogP contribution in [0.3, 0.4) is 0 Å². The third-order valence-electron chi connectivity index (χ3n) is 6.87. The molecule has 0 unspecified atom stereocenters. The van der Waals surface area contributed by atoms with Gasteiger partial charge in [0.15, 0.2) is 23.1 Å². The van der Waals surface area contributed by atoms with Crippen LogP contribution in [-0.2, 0) is 4.74 Å². The van der Waals surface area contributed by atoms with Gasteiger partial charge in [0.2, 0.25) is 0 Å². The molecule has 5 rings (SSSR count). The summed E-state index contributed by atoms with van der Waals surface area (Å²) in [6.07, 6.45) is 0. The third kappa shape index (κ3) is 5.60. The summed E-state index contributed by atoms with van der Waals surface area (Å²) in [6.45, 7) is 3.46. The first-order chi connectivity index (χ1) is 19.8. The zero-order valence-corrected chi connectivity index (χ0v) is 22.4. The van der Waals surface area contributed by atoms with Gasteiger partial charge in [-0.05, 0) is 61.5 Å². The van der Waals surface area contributed by atoms with Crippen LogP contribution < -0.4 is 9.64 Å². The Morgan fingerprint density at radius 1 is 0.854 bits per heavy atom. The summed E-state index contributed by atoms with van der Waals surface area (Å²) in [5.74, 6) is -4.98. The Morgan fingerprint density at radius 2 is 1.51 bits per heavy atom. The molecule has 0 atom stereocenters. The fourth-order valence-electron chi connectivity index (χ4n) is 4.68. The lowest BCUT2D eigenvalue weighted by Crippen LogP contribution is -2.49. The second-order valence-electron chi connectivity index (χ2n) is 9.29. The zero-order valence-electron chi connectivity index (χ0n) is 22.4. The van der Waals surface area contributed by atoms with Crippen LogP contribution >= 0.6 is 0 Å². The highest BCUT2D eigenvalue weighted by atomic mass is 19.2. The number of hydrogen-bond acceptors (Lipinski definition) is 6. The van der Waals surface area contributed by atoms with Crippen molar-refractivity contribution in [2.75, 3.05) is 44.8 Å². The van der Waals surface area contributed by atoms with Gasteiger partial charge >= 0.3 is 5.97 Å². The van der Waals surface area contributed by atoms with Crippen LogP contribution in [0.1, 0.15) is 27.8 Å². The molecule has 0 radical (unpaired) electrons. The minimum absolute atomic E-state index is 0.181. The molecular weight excluding hydrogens is 537 g/mol. The van der Waals surface area contributed by atoms with Crippen LogP contribution in [0, 0.1) is 17.5 Å². The maximum Gasteiger partial charge on any atom is 0.358 e. The predicted molar refractivity (Wildman–Crippen MR) is 146 cm³/mol. The quantitative estimate of drug-likeness (QED) is 0.230. The van der Waals surface area contributed by atoms with E-state index in [0.29, 0.717) is 24.5 Å². The highest BCUT2D eigenvalue weighted by molar-refractivity contribution is 5.94. The molecule has 0 bridgehead atoms. The van der Waals surface area contributed by atoms with Crippen LogP contribution in [0.5, 0.6) is 5.75 Å². The van der Waals surface area contributed by atoms with Crippen molar-refractivity contribution in [2.24, 2.45) is 0 Å². The topological polar surface area (TPSA) is 76.9 Å². The smallest absolute Gasteiger partial charge is 0.358 e. The first-order valence-electron chi connectivity index (χ1n) is 13.0. The molecular formula is C30H27F3N4O4. The number of benzene rings is 3. The molecule has 0 spiro atoms. The second kappa shape index (κ2) is 11.7. The number of rotatable bonds is 7. The van der Waals surface area contributed by atoms with Crippen molar-refractivity contribution in [3.05, 3.63) is 95.4 Å². The minimum Gasteiger partial charge on any atom is -0.497 e. The van der Waals surface area contributed by atoms with E-state index in [1.165, 1.54) is 4.90 Å². The van der Waals surface area contributed by atoms with E-state index in [2.05, 4.69) is 10.00 Å². The Balaban J connectivity index is 1.33. The van der Waals surface area contributed by atoms with Gasteiger partial charge < -0.3 is 19.3 Å². The Hall–Kier alpha value is -4.80. The standard InChI is InChI=1S/C30H27F3N4O4/c1-3-41-30(39)25-18-26(37(34-25)21-8-10-22(40-2)11-9-21)19-4-6-20(7-5-19)35-14-16-36(17-15-35)29(38)23-12-13-24(31)28(33)27(23)32/h4-13,18H,3,14-17H2,1-2H3. The summed E-state index contributed by atoms with van der Waals surface area (Å²) in [5.41, 5.74) is 2.83. The summed E-state index contributed by atoms with van der Waals surface area (Å²) in [5, 5.41) is 4.49. The first-order valence-corrected chi connectivity index (χ1v) is 13.0. The summed E-state index contributed by atoms with van der Waals surface area (Å²) < 4.78 is 53.1. The highest BCUT2D eigenvalue weighted by Crippen LogP contribution is 2.28. The fraction of sp³-hybridized carbons (Fsp3) is 0.233. The van der Waals surface area contributed by atoms with Gasteiger partial charge in [-0.2, -0.15) is 5.10 Å². The molecule has 4 aromatic rings. The number of anilines is 1. The number of methoxy groups -OCH3 is 1. The number of hydrogen-bond donors (Lipinski definition) is 0. The van der Waals surface area contributed by atoms with Crippen LogP contribution in [0.15, 0.2) is 66.7 Å². The number of esters is 1. The number of nitrogens with zero attached hydrogens (tertiary/aromatic N) is 4. The highest BCUT2D eigenvalue weighted by Gasteiger charge is 2.27. The van der Waals surface area contributed by atoms with E-state index < -0.39 is 34.9 Å². The normalized spacial score (nSPS) is 13.3. The van der Waals surface area contributed by atoms with E-state index in [4.69, 9.17) is 9.47 Å². The van der Waals surface area contributed by atoms with E-state index in [1.54, 1.807) is 36.9 Å². The van der Waals surface area contributed by atoms with Gasteiger partial charge in [0.05, 0.1) is 30.7 Å². The number of aromatic nitrogens is 2. The molecule has 1 saturated heterocycles. The van der Waals surface area contributed by atoms with Crippen molar-refractivity contribution >= 4 is 17.6 Å². The van der Waals surface area contributed by atoms with Crippen molar-refractivity contribution in [3.8, 4) is 22.7 Å². The van der Waals surface area contributed by atoms with Crippen LogP contribution in [0.4, 0.5) is 18.9 Å². The monoisotopic (exact) mass is 564 g/mol. The zero-order chi connectivity index (χ0) is 29.1. The molecule has 1 fully saturated rings. The lowest BCUT2D eigenvalue weighted by atomic mass is 10.1. The van der Waals surface area contributed by atoms with Crippen molar-refractivity contribution in [1.29, 1.82) is 0 Å². The average Bonchev–Trinajstić information content (AvgIpc) is 3.46. The largest absolute Gasteiger partial charge is 0.497 e. The van der Waals surface area contributed by atoms with Gasteiger partial charge in [-0.1, -0.05) is 12.1 Å². The van der Waals surface area contributed by atoms with E-state index in [0.717, 1.165) is 29.1 Å². The SMILES string of the molecule is CCOC(=O)c1cc(-c2ccc(N3CCN(C(=O)c4ccc(F)c(F)c4F)CC3)cc2)n(-c2ccc(OC)cc2)n1. The number of ether oxygens (including phenoxy) is 2. The van der Waals surface area contributed by atoms with Crippen LogP contribution in [0.2, 0.25) is 0 Å². The van der Waals surface area contributed by atoms with Crippen LogP contribution in [0.25, 0.3) is 16.9 Å². The van der Waals surface area contributed by atoms with Gasteiger partial charge in [-0.25, -0.2) is 22.6 Å². The number of halogens is 3. The van der Waals surface area contributed by atoms with Crippen LogP contribution in [-0.4, -0.2) is 66.5 Å². The molecule has 1 amide bonds. The molecule has 3 aromatic carbocycles. The maximum absolute atomic E-state index is 14.1. The summed E-state index contributed by atoms with van der Waals surface area (Å²) in [4.78, 5) is 28.7. The van der Waals surface area contributed by atoms with Gasteiger partial charge in [0.25, 0.3) is 5.91 Å². The lowest BCUT2D eigenvalue weighted by molar-refractivity contribution is 0.0518. The minimum atomic E-state index is -1.66. The van der Waals surface area contributed by atoms with Crippen molar-refractivity contribution in [3.63, 3.8) is 0 Å². The van der Waals surface area contributed by atoms with Gasteiger partial charge in [0.1, 0.15) is 5.75 Å². The molecule has 1 aliphatic heterocycles. The number of piperazine rings is 1. The Labute approximate surface area is 234 Å². The summed E-state index contributed by atoms with van der Waals surface area (Å²) in [7, 11) is 1.58. The van der Waals surface area contributed by atoms with Crippen molar-refractivity contribution in [2.45, 2.75) is 6.92 Å². The average molecular weight is 565 g/mol. The molecule has 11 heteroatoms. The van der Waals surface area contributed by atoms with Gasteiger partial charge in [-0.15, -0.1) is 0 Å². The van der Waals surface area contributed by atoms with E-state index in [9.17, 15) is 22.8 Å². The molecule has 0 aliphatic carbocycles. The van der Waals surface area contributed by atoms with Crippen molar-refractivity contribution < 1.29 is 32.2 Å². The molecule has 1 aromatic heterocycles. The van der Waals surface area contributed by atoms with E-state index in [1.807, 2.05) is 36.4 Å². The maximum atomic E-state index is 14.1. The number of carbonyl (C=O) groups excluding carboxylic acids is 2. The summed E-state index contributed by atoms with van der Waals surface area (Å²) >= 11 is 0. The molecule has 41 heavy (non-hydrogen) atoms. The fourth-order valence-corrected chi connectivity index (χ4v) is 4.68. The Kier molecular flexibility index (Phi) is 7.95. The predicted octanol–water partition coefficient (Wildman–Crippen LogP) is 5.10. The number of carbonyl (C=O) groups is 2. The Morgan fingerprint density at radius 3 is 2.15 bits per heavy atom. The lowest BCUT2D eigenvalue weighted by Gasteiger charge is -2.36. The molecule has 8 nitrogen and oxygen atoms in total. The molecule has 0 N–H and O–H groups in total. The van der Waals surface area contributed by atoms with Gasteiger partial charge in [-0.3, -0.25) is 4.79 Å². The first kappa shape index (κ1) is 27.8. The van der Waals surface area contributed by atoms with E-state index >= 15 is 0 Å². The molecule has 2 heterocycles. The number of amides is 1.